The summed E-state index contributed by atoms with van der Waals surface area (Å²) in [6.07, 6.45) is 9.70. The van der Waals surface area contributed by atoms with Crippen molar-refractivity contribution in [1.82, 2.24) is 0 Å². The van der Waals surface area contributed by atoms with E-state index < -0.39 is 0 Å². The average Bonchev–Trinajstić information content (AvgIpc) is 2.60. The number of hydrogen-bond donors (Lipinski definition) is 0. The summed E-state index contributed by atoms with van der Waals surface area (Å²) in [6, 6.07) is 13.6. The Morgan fingerprint density at radius 1 is 0.909 bits per heavy atom. The summed E-state index contributed by atoms with van der Waals surface area (Å²) >= 11 is 0. The van der Waals surface area contributed by atoms with Crippen LogP contribution in [0.5, 0.6) is 0 Å². The molecule has 0 saturated heterocycles. The molecule has 5 rings (SSSR count). The topological polar surface area (TPSA) is 9.23 Å². The van der Waals surface area contributed by atoms with Crippen LogP contribution in [0.25, 0.3) is 6.08 Å². The predicted octanol–water partition coefficient (Wildman–Crippen LogP) is 4.62. The number of fused-ring (bicyclic) bond motifs is 7. The minimum atomic E-state index is 0.351. The fourth-order valence-electron chi connectivity index (χ4n) is 4.52. The largest absolute Gasteiger partial charge is 0.373 e. The van der Waals surface area contributed by atoms with Gasteiger partial charge in [-0.1, -0.05) is 48.6 Å². The molecule has 0 spiro atoms. The van der Waals surface area contributed by atoms with Gasteiger partial charge >= 0.3 is 0 Å². The van der Waals surface area contributed by atoms with E-state index in [1.807, 2.05) is 0 Å². The van der Waals surface area contributed by atoms with E-state index in [-0.39, 0.29) is 0 Å². The zero-order chi connectivity index (χ0) is 14.5. The molecule has 0 unspecified atom stereocenters. The van der Waals surface area contributed by atoms with Crippen LogP contribution < -0.4 is 0 Å². The van der Waals surface area contributed by atoms with Crippen molar-refractivity contribution in [2.24, 2.45) is 0 Å². The van der Waals surface area contributed by atoms with Crippen LogP contribution in [0.3, 0.4) is 0 Å². The van der Waals surface area contributed by atoms with Crippen molar-refractivity contribution in [2.45, 2.75) is 44.3 Å². The highest BCUT2D eigenvalue weighted by Gasteiger charge is 2.37. The molecular formula is C21H20O. The van der Waals surface area contributed by atoms with Crippen molar-refractivity contribution in [2.75, 3.05) is 0 Å². The molecule has 0 N–H and O–H groups in total. The summed E-state index contributed by atoms with van der Waals surface area (Å²) in [5.74, 6) is 0.423. The summed E-state index contributed by atoms with van der Waals surface area (Å²) < 4.78 is 6.23. The van der Waals surface area contributed by atoms with E-state index in [0.29, 0.717) is 12.0 Å². The zero-order valence-corrected chi connectivity index (χ0v) is 12.7. The molecule has 22 heavy (non-hydrogen) atoms. The number of ether oxygens (including phenoxy) is 1. The Kier molecular flexibility index (Phi) is 2.78. The SMILES string of the molecule is C1=Cc2c(ccc3c2[C@H]2c4ccccc4CC[C@H]2OC3)CC1. The molecule has 0 fully saturated rings. The van der Waals surface area contributed by atoms with Crippen LogP contribution >= 0.6 is 0 Å². The first-order chi connectivity index (χ1) is 10.9. The molecule has 0 radical (unpaired) electrons. The van der Waals surface area contributed by atoms with E-state index in [1.54, 1.807) is 5.56 Å². The van der Waals surface area contributed by atoms with Gasteiger partial charge in [-0.15, -0.1) is 0 Å². The van der Waals surface area contributed by atoms with Gasteiger partial charge in [0.1, 0.15) is 0 Å². The van der Waals surface area contributed by atoms with Crippen LogP contribution in [0.15, 0.2) is 42.5 Å². The third kappa shape index (κ3) is 1.75. The van der Waals surface area contributed by atoms with Crippen LogP contribution in [0.1, 0.15) is 52.1 Å². The van der Waals surface area contributed by atoms with E-state index in [2.05, 4.69) is 48.6 Å². The van der Waals surface area contributed by atoms with E-state index in [0.717, 1.165) is 19.4 Å². The quantitative estimate of drug-likeness (QED) is 0.687. The molecule has 2 aromatic carbocycles. The molecule has 1 aliphatic heterocycles. The molecular weight excluding hydrogens is 268 g/mol. The first kappa shape index (κ1) is 12.7. The van der Waals surface area contributed by atoms with E-state index in [4.69, 9.17) is 4.74 Å². The number of aryl methyl sites for hydroxylation is 2. The number of benzene rings is 2. The van der Waals surface area contributed by atoms with Crippen LogP contribution in [-0.4, -0.2) is 6.10 Å². The van der Waals surface area contributed by atoms with Gasteiger partial charge < -0.3 is 4.74 Å². The monoisotopic (exact) mass is 288 g/mol. The summed E-state index contributed by atoms with van der Waals surface area (Å²) in [4.78, 5) is 0. The Hall–Kier alpha value is -1.86. The minimum absolute atomic E-state index is 0.351. The predicted molar refractivity (Wildman–Crippen MR) is 89.0 cm³/mol. The summed E-state index contributed by atoms with van der Waals surface area (Å²) in [5.41, 5.74) is 8.95. The number of hydrogen-bond acceptors (Lipinski definition) is 1. The van der Waals surface area contributed by atoms with Crippen molar-refractivity contribution in [1.29, 1.82) is 0 Å². The van der Waals surface area contributed by atoms with Crippen LogP contribution in [0, 0.1) is 0 Å². The van der Waals surface area contributed by atoms with Crippen LogP contribution in [0.2, 0.25) is 0 Å². The highest BCUT2D eigenvalue weighted by Crippen LogP contribution is 2.46. The molecule has 3 aliphatic rings. The van der Waals surface area contributed by atoms with E-state index in [1.165, 1.54) is 40.7 Å². The molecule has 0 aromatic heterocycles. The maximum atomic E-state index is 6.23. The summed E-state index contributed by atoms with van der Waals surface area (Å²) in [7, 11) is 0. The van der Waals surface area contributed by atoms with Gasteiger partial charge in [-0.05, 0) is 59.1 Å². The Morgan fingerprint density at radius 2 is 1.82 bits per heavy atom. The van der Waals surface area contributed by atoms with Crippen molar-refractivity contribution in [3.8, 4) is 0 Å². The Labute approximate surface area is 131 Å². The Balaban J connectivity index is 1.77. The second kappa shape index (κ2) is 4.82. The molecule has 0 amide bonds. The van der Waals surface area contributed by atoms with Gasteiger partial charge in [-0.3, -0.25) is 0 Å². The third-order valence-corrected chi connectivity index (χ3v) is 5.56. The first-order valence-corrected chi connectivity index (χ1v) is 8.42. The second-order valence-corrected chi connectivity index (χ2v) is 6.72. The third-order valence-electron chi connectivity index (χ3n) is 5.56. The van der Waals surface area contributed by atoms with E-state index in [9.17, 15) is 0 Å². The van der Waals surface area contributed by atoms with Crippen molar-refractivity contribution in [3.63, 3.8) is 0 Å². The lowest BCUT2D eigenvalue weighted by Crippen LogP contribution is -2.34. The molecule has 1 heteroatoms. The fourth-order valence-corrected chi connectivity index (χ4v) is 4.52. The van der Waals surface area contributed by atoms with Crippen LogP contribution in [-0.2, 0) is 24.2 Å². The molecule has 1 nitrogen and oxygen atoms in total. The van der Waals surface area contributed by atoms with Gasteiger partial charge in [0, 0.05) is 5.92 Å². The van der Waals surface area contributed by atoms with Gasteiger partial charge in [-0.2, -0.15) is 0 Å². The van der Waals surface area contributed by atoms with Crippen molar-refractivity contribution >= 4 is 6.08 Å². The molecule has 2 aromatic rings. The standard InChI is InChI=1S/C21H20O/c1-3-7-17-14(5-1)9-10-16-13-22-19-12-11-15-6-2-4-8-18(15)21(19)20(16)17/h2-4,6-10,19,21H,1,5,11-13H2/t19-,21+/m1/s1. The fraction of sp³-hybridized carbons (Fsp3) is 0.333. The highest BCUT2D eigenvalue weighted by molar-refractivity contribution is 5.65. The number of allylic oxidation sites excluding steroid dienone is 1. The van der Waals surface area contributed by atoms with Gasteiger partial charge in [0.15, 0.2) is 0 Å². The lowest BCUT2D eigenvalue weighted by molar-refractivity contribution is 0.00717. The first-order valence-electron chi connectivity index (χ1n) is 8.42. The summed E-state index contributed by atoms with van der Waals surface area (Å²) in [6.45, 7) is 0.778. The van der Waals surface area contributed by atoms with Crippen molar-refractivity contribution in [3.05, 3.63) is 75.9 Å². The van der Waals surface area contributed by atoms with Crippen LogP contribution in [0.4, 0.5) is 0 Å². The summed E-state index contributed by atoms with van der Waals surface area (Å²) in [5, 5.41) is 0. The molecule has 2 atom stereocenters. The minimum Gasteiger partial charge on any atom is -0.373 e. The molecule has 1 heterocycles. The Bertz CT molecular complexity index is 771. The lowest BCUT2D eigenvalue weighted by atomic mass is 9.71. The van der Waals surface area contributed by atoms with Gasteiger partial charge in [0.25, 0.3) is 0 Å². The lowest BCUT2D eigenvalue weighted by Gasteiger charge is -2.40. The van der Waals surface area contributed by atoms with Crippen molar-refractivity contribution < 1.29 is 4.74 Å². The van der Waals surface area contributed by atoms with Gasteiger partial charge in [-0.25, -0.2) is 0 Å². The molecule has 0 saturated carbocycles. The smallest absolute Gasteiger partial charge is 0.0724 e. The number of rotatable bonds is 0. The average molecular weight is 288 g/mol. The van der Waals surface area contributed by atoms with E-state index >= 15 is 0 Å². The van der Waals surface area contributed by atoms with Gasteiger partial charge in [0.2, 0.25) is 0 Å². The molecule has 110 valence electrons. The highest BCUT2D eigenvalue weighted by atomic mass is 16.5. The molecule has 2 aliphatic carbocycles. The normalized spacial score (nSPS) is 24.9. The zero-order valence-electron chi connectivity index (χ0n) is 12.7. The second-order valence-electron chi connectivity index (χ2n) is 6.72. The molecule has 0 bridgehead atoms. The van der Waals surface area contributed by atoms with Gasteiger partial charge in [0.05, 0.1) is 12.7 Å². The maximum absolute atomic E-state index is 6.23. The maximum Gasteiger partial charge on any atom is 0.0724 e. The Morgan fingerprint density at radius 3 is 2.82 bits per heavy atom.